The summed E-state index contributed by atoms with van der Waals surface area (Å²) in [5.41, 5.74) is 0.970. The first kappa shape index (κ1) is 21.8. The summed E-state index contributed by atoms with van der Waals surface area (Å²) >= 11 is 0. The highest BCUT2D eigenvalue weighted by Gasteiger charge is 2.45. The molecule has 3 rings (SSSR count). The summed E-state index contributed by atoms with van der Waals surface area (Å²) in [5, 5.41) is 30.3. The molecule has 0 saturated carbocycles. The Morgan fingerprint density at radius 1 is 1.30 bits per heavy atom. The Labute approximate surface area is 174 Å². The van der Waals surface area contributed by atoms with E-state index in [0.717, 1.165) is 0 Å². The standard InChI is InChI=1S/C20H28N6O4/c1-20(2,3)17(19(30)25-9-13(28)8-16(25)18(29)21-4)26-10-15(23-24-26)14-7-5-6-12(11-27)22-14/h5-7,10,13,16-17,27-28H,8-9,11H2,1-4H3,(H,21,29)/t13?,16-,17?/m1/s1. The monoisotopic (exact) mass is 416 g/mol. The molecule has 1 aliphatic rings. The van der Waals surface area contributed by atoms with E-state index in [1.807, 2.05) is 20.8 Å². The molecule has 1 saturated heterocycles. The van der Waals surface area contributed by atoms with Crippen molar-refractivity contribution >= 4 is 11.8 Å². The van der Waals surface area contributed by atoms with Gasteiger partial charge >= 0.3 is 0 Å². The van der Waals surface area contributed by atoms with Crippen molar-refractivity contribution in [3.63, 3.8) is 0 Å². The molecule has 0 aliphatic carbocycles. The lowest BCUT2D eigenvalue weighted by Crippen LogP contribution is -2.49. The van der Waals surface area contributed by atoms with Gasteiger partial charge in [0, 0.05) is 20.0 Å². The highest BCUT2D eigenvalue weighted by molar-refractivity contribution is 5.90. The van der Waals surface area contributed by atoms with Crippen molar-refractivity contribution in [1.82, 2.24) is 30.2 Å². The molecule has 1 fully saturated rings. The Hall–Kier alpha value is -2.85. The van der Waals surface area contributed by atoms with Crippen LogP contribution in [0.15, 0.2) is 24.4 Å². The number of likely N-dealkylation sites (tertiary alicyclic amines) is 1. The third-order valence-corrected chi connectivity index (χ3v) is 5.17. The zero-order chi connectivity index (χ0) is 22.1. The highest BCUT2D eigenvalue weighted by Crippen LogP contribution is 2.34. The fraction of sp³-hybridized carbons (Fsp3) is 0.550. The molecular formula is C20H28N6O4. The topological polar surface area (TPSA) is 133 Å². The lowest BCUT2D eigenvalue weighted by Gasteiger charge is -2.34. The maximum atomic E-state index is 13.5. The van der Waals surface area contributed by atoms with Gasteiger partial charge in [0.05, 0.1) is 30.3 Å². The predicted molar refractivity (Wildman–Crippen MR) is 108 cm³/mol. The van der Waals surface area contributed by atoms with E-state index >= 15 is 0 Å². The van der Waals surface area contributed by atoms with E-state index in [2.05, 4.69) is 20.6 Å². The van der Waals surface area contributed by atoms with Gasteiger partial charge in [0.2, 0.25) is 11.8 Å². The number of carbonyl (C=O) groups is 2. The number of nitrogens with zero attached hydrogens (tertiary/aromatic N) is 5. The Morgan fingerprint density at radius 2 is 2.03 bits per heavy atom. The van der Waals surface area contributed by atoms with E-state index in [-0.39, 0.29) is 31.4 Å². The van der Waals surface area contributed by atoms with Gasteiger partial charge in [0.1, 0.15) is 17.8 Å². The van der Waals surface area contributed by atoms with Crippen molar-refractivity contribution in [2.24, 2.45) is 5.41 Å². The first-order valence-electron chi connectivity index (χ1n) is 9.84. The molecule has 2 aromatic rings. The van der Waals surface area contributed by atoms with Crippen molar-refractivity contribution in [3.8, 4) is 11.4 Å². The van der Waals surface area contributed by atoms with Gasteiger partial charge in [-0.3, -0.25) is 9.59 Å². The van der Waals surface area contributed by atoms with Crippen molar-refractivity contribution < 1.29 is 19.8 Å². The van der Waals surface area contributed by atoms with Crippen molar-refractivity contribution in [1.29, 1.82) is 0 Å². The minimum Gasteiger partial charge on any atom is -0.391 e. The number of rotatable bonds is 5. The van der Waals surface area contributed by atoms with Gasteiger partial charge in [-0.05, 0) is 17.5 Å². The summed E-state index contributed by atoms with van der Waals surface area (Å²) in [6.07, 6.45) is 1.08. The molecule has 2 unspecified atom stereocenters. The number of pyridine rings is 1. The maximum Gasteiger partial charge on any atom is 0.248 e. The highest BCUT2D eigenvalue weighted by atomic mass is 16.3. The van der Waals surface area contributed by atoms with E-state index in [1.165, 1.54) is 16.6 Å². The third-order valence-electron chi connectivity index (χ3n) is 5.17. The third kappa shape index (κ3) is 4.34. The molecule has 10 nitrogen and oxygen atoms in total. The quantitative estimate of drug-likeness (QED) is 0.631. The van der Waals surface area contributed by atoms with Gasteiger partial charge in [-0.1, -0.05) is 32.1 Å². The van der Waals surface area contributed by atoms with Crippen LogP contribution in [0, 0.1) is 5.41 Å². The van der Waals surface area contributed by atoms with Crippen LogP contribution in [0.1, 0.15) is 38.9 Å². The SMILES string of the molecule is CNC(=O)[C@H]1CC(O)CN1C(=O)C(n1cc(-c2cccc(CO)n2)nn1)C(C)(C)C. The number of aliphatic hydroxyl groups excluding tert-OH is 2. The zero-order valence-electron chi connectivity index (χ0n) is 17.6. The molecule has 162 valence electrons. The van der Waals surface area contributed by atoms with Crippen molar-refractivity contribution in [3.05, 3.63) is 30.1 Å². The molecule has 2 aromatic heterocycles. The molecule has 2 amide bonds. The Balaban J connectivity index is 1.95. The minimum atomic E-state index is -0.756. The van der Waals surface area contributed by atoms with E-state index < -0.39 is 23.6 Å². The van der Waals surface area contributed by atoms with E-state index in [0.29, 0.717) is 17.1 Å². The van der Waals surface area contributed by atoms with Gasteiger partial charge < -0.3 is 20.4 Å². The summed E-state index contributed by atoms with van der Waals surface area (Å²) in [4.78, 5) is 31.5. The summed E-state index contributed by atoms with van der Waals surface area (Å²) in [7, 11) is 1.51. The molecule has 3 heterocycles. The van der Waals surface area contributed by atoms with Gasteiger partial charge in [-0.15, -0.1) is 5.10 Å². The number of aromatic nitrogens is 4. The van der Waals surface area contributed by atoms with Crippen LogP contribution in [0.2, 0.25) is 0 Å². The second-order valence-electron chi connectivity index (χ2n) is 8.53. The fourth-order valence-corrected chi connectivity index (χ4v) is 3.74. The van der Waals surface area contributed by atoms with Crippen LogP contribution in [0.3, 0.4) is 0 Å². The van der Waals surface area contributed by atoms with E-state index in [9.17, 15) is 19.8 Å². The maximum absolute atomic E-state index is 13.5. The number of β-amino-alcohol motifs (C(OH)–C–C–N with tert-alkyl or cyclic N) is 1. The number of aliphatic hydroxyl groups is 2. The van der Waals surface area contributed by atoms with Gasteiger partial charge in [-0.2, -0.15) is 0 Å². The summed E-state index contributed by atoms with van der Waals surface area (Å²) < 4.78 is 1.48. The number of amides is 2. The normalized spacial score (nSPS) is 20.3. The Kier molecular flexibility index (Phi) is 6.18. The summed E-state index contributed by atoms with van der Waals surface area (Å²) in [5.74, 6) is -0.613. The zero-order valence-corrected chi connectivity index (χ0v) is 17.6. The first-order valence-corrected chi connectivity index (χ1v) is 9.84. The van der Waals surface area contributed by atoms with Crippen LogP contribution >= 0.6 is 0 Å². The van der Waals surface area contributed by atoms with Crippen LogP contribution in [0.25, 0.3) is 11.4 Å². The van der Waals surface area contributed by atoms with E-state index in [4.69, 9.17) is 0 Å². The average molecular weight is 416 g/mol. The van der Waals surface area contributed by atoms with Crippen molar-refractivity contribution in [2.45, 2.75) is 52.0 Å². The van der Waals surface area contributed by atoms with E-state index in [1.54, 1.807) is 24.4 Å². The molecule has 3 atom stereocenters. The summed E-state index contributed by atoms with van der Waals surface area (Å²) in [6, 6.07) is 3.75. The number of hydrogen-bond acceptors (Lipinski definition) is 7. The lowest BCUT2D eigenvalue weighted by atomic mass is 9.85. The van der Waals surface area contributed by atoms with Crippen LogP contribution < -0.4 is 5.32 Å². The molecule has 0 bridgehead atoms. The molecule has 30 heavy (non-hydrogen) atoms. The smallest absolute Gasteiger partial charge is 0.248 e. The second kappa shape index (κ2) is 8.49. The number of nitrogens with one attached hydrogen (secondary N) is 1. The first-order chi connectivity index (χ1) is 14.2. The molecule has 0 spiro atoms. The molecule has 10 heteroatoms. The average Bonchev–Trinajstić information content (AvgIpc) is 3.33. The fourth-order valence-electron chi connectivity index (χ4n) is 3.74. The molecule has 0 aromatic carbocycles. The minimum absolute atomic E-state index is 0.0884. The Bertz CT molecular complexity index is 922. The number of hydrogen-bond donors (Lipinski definition) is 3. The van der Waals surface area contributed by atoms with Crippen molar-refractivity contribution in [2.75, 3.05) is 13.6 Å². The molecule has 3 N–H and O–H groups in total. The second-order valence-corrected chi connectivity index (χ2v) is 8.53. The van der Waals surface area contributed by atoms with Crippen LogP contribution in [-0.4, -0.2) is 72.6 Å². The largest absolute Gasteiger partial charge is 0.391 e. The number of likely N-dealkylation sites (N-methyl/N-ethyl adjacent to an activating group) is 1. The summed E-state index contributed by atoms with van der Waals surface area (Å²) in [6.45, 7) is 5.61. The van der Waals surface area contributed by atoms with Gasteiger partial charge in [0.25, 0.3) is 0 Å². The predicted octanol–water partition coefficient (Wildman–Crippen LogP) is 0.127. The van der Waals surface area contributed by atoms with Gasteiger partial charge in [-0.25, -0.2) is 9.67 Å². The Morgan fingerprint density at radius 3 is 2.67 bits per heavy atom. The lowest BCUT2D eigenvalue weighted by molar-refractivity contribution is -0.144. The molecule has 1 aliphatic heterocycles. The molecule has 0 radical (unpaired) electrons. The van der Waals surface area contributed by atoms with Crippen LogP contribution in [0.4, 0.5) is 0 Å². The molecular weight excluding hydrogens is 388 g/mol. The van der Waals surface area contributed by atoms with Gasteiger partial charge in [0.15, 0.2) is 0 Å². The number of carbonyl (C=O) groups excluding carboxylic acids is 2. The van der Waals surface area contributed by atoms with Crippen LogP contribution in [-0.2, 0) is 16.2 Å². The van der Waals surface area contributed by atoms with Crippen LogP contribution in [0.5, 0.6) is 0 Å².